The van der Waals surface area contributed by atoms with Crippen LogP contribution in [-0.4, -0.2) is 11.0 Å². The normalized spacial score (nSPS) is 10.1. The predicted octanol–water partition coefficient (Wildman–Crippen LogP) is 4.70. The summed E-state index contributed by atoms with van der Waals surface area (Å²) < 4.78 is 5.78. The molecule has 0 spiro atoms. The van der Waals surface area contributed by atoms with Gasteiger partial charge in [0.2, 0.25) is 0 Å². The molecule has 0 atom stereocenters. The van der Waals surface area contributed by atoms with Gasteiger partial charge in [-0.05, 0) is 61.1 Å². The van der Waals surface area contributed by atoms with E-state index in [1.54, 1.807) is 24.3 Å². The summed E-state index contributed by atoms with van der Waals surface area (Å²) in [6, 6.07) is 24.6. The van der Waals surface area contributed by atoms with Crippen molar-refractivity contribution >= 4 is 28.9 Å². The van der Waals surface area contributed by atoms with Gasteiger partial charge in [-0.25, -0.2) is 0 Å². The number of rotatable bonds is 5. The number of thiocarbonyl (C=S) groups is 1. The fourth-order valence-corrected chi connectivity index (χ4v) is 2.62. The molecule has 3 rings (SSSR count). The van der Waals surface area contributed by atoms with E-state index in [2.05, 4.69) is 41.8 Å². The average Bonchev–Trinajstić information content (AvgIpc) is 2.69. The van der Waals surface area contributed by atoms with Gasteiger partial charge < -0.3 is 10.1 Å². The van der Waals surface area contributed by atoms with Crippen molar-refractivity contribution in [1.82, 2.24) is 5.32 Å². The summed E-state index contributed by atoms with van der Waals surface area (Å²) in [5, 5.41) is 5.90. The number of hydrogen-bond donors (Lipinski definition) is 2. The highest BCUT2D eigenvalue weighted by Gasteiger charge is 2.07. The van der Waals surface area contributed by atoms with Gasteiger partial charge in [-0.2, -0.15) is 0 Å². The van der Waals surface area contributed by atoms with Crippen LogP contribution in [0.1, 0.15) is 21.5 Å². The summed E-state index contributed by atoms with van der Waals surface area (Å²) in [6.45, 7) is 2.57. The standard InChI is InChI=1S/C22H20N2O2S/c1-16-7-9-17(10-8-16)15-26-20-13-11-19(12-14-20)23-22(27)24-21(25)18-5-3-2-4-6-18/h2-14H,15H2,1H3,(H2,23,24,25,27). The topological polar surface area (TPSA) is 50.4 Å². The van der Waals surface area contributed by atoms with Crippen LogP contribution in [0.25, 0.3) is 0 Å². The third-order valence-electron chi connectivity index (χ3n) is 3.90. The molecule has 0 bridgehead atoms. The van der Waals surface area contributed by atoms with Crippen molar-refractivity contribution in [2.45, 2.75) is 13.5 Å². The lowest BCUT2D eigenvalue weighted by Crippen LogP contribution is -2.34. The van der Waals surface area contributed by atoms with E-state index < -0.39 is 0 Å². The summed E-state index contributed by atoms with van der Waals surface area (Å²) >= 11 is 5.20. The maximum atomic E-state index is 12.1. The van der Waals surface area contributed by atoms with Gasteiger partial charge in [0, 0.05) is 11.3 Å². The molecule has 27 heavy (non-hydrogen) atoms. The van der Waals surface area contributed by atoms with Crippen LogP contribution in [0.3, 0.4) is 0 Å². The molecule has 0 aromatic heterocycles. The van der Waals surface area contributed by atoms with Gasteiger partial charge in [-0.15, -0.1) is 0 Å². The highest BCUT2D eigenvalue weighted by molar-refractivity contribution is 7.80. The van der Waals surface area contributed by atoms with Gasteiger partial charge in [0.15, 0.2) is 5.11 Å². The Bertz CT molecular complexity index is 907. The number of hydrogen-bond acceptors (Lipinski definition) is 3. The first-order valence-corrected chi connectivity index (χ1v) is 8.97. The van der Waals surface area contributed by atoms with Gasteiger partial charge in [0.1, 0.15) is 12.4 Å². The Morgan fingerprint density at radius 1 is 0.926 bits per heavy atom. The Balaban J connectivity index is 1.50. The Morgan fingerprint density at radius 2 is 1.59 bits per heavy atom. The summed E-state index contributed by atoms with van der Waals surface area (Å²) in [5.74, 6) is 0.520. The van der Waals surface area contributed by atoms with Gasteiger partial charge in [-0.1, -0.05) is 48.0 Å². The van der Waals surface area contributed by atoms with E-state index in [1.807, 2.05) is 30.3 Å². The molecule has 0 unspecified atom stereocenters. The first kappa shape index (κ1) is 18.6. The molecule has 2 N–H and O–H groups in total. The van der Waals surface area contributed by atoms with Crippen molar-refractivity contribution < 1.29 is 9.53 Å². The SMILES string of the molecule is Cc1ccc(COc2ccc(NC(=S)NC(=O)c3ccccc3)cc2)cc1. The Hall–Kier alpha value is -3.18. The molecule has 0 saturated heterocycles. The Labute approximate surface area is 164 Å². The van der Waals surface area contributed by atoms with Crippen molar-refractivity contribution in [2.75, 3.05) is 5.32 Å². The van der Waals surface area contributed by atoms with Crippen LogP contribution >= 0.6 is 12.2 Å². The molecule has 3 aromatic carbocycles. The number of aryl methyl sites for hydroxylation is 1. The van der Waals surface area contributed by atoms with Gasteiger partial charge in [0.05, 0.1) is 0 Å². The van der Waals surface area contributed by atoms with Crippen molar-refractivity contribution in [1.29, 1.82) is 0 Å². The van der Waals surface area contributed by atoms with Crippen LogP contribution in [0.4, 0.5) is 5.69 Å². The largest absolute Gasteiger partial charge is 0.489 e. The number of amides is 1. The predicted molar refractivity (Wildman–Crippen MR) is 112 cm³/mol. The van der Waals surface area contributed by atoms with E-state index in [9.17, 15) is 4.79 Å². The highest BCUT2D eigenvalue weighted by Crippen LogP contribution is 2.17. The molecule has 0 aliphatic rings. The van der Waals surface area contributed by atoms with Gasteiger partial charge in [-0.3, -0.25) is 10.1 Å². The number of benzene rings is 3. The molecule has 1 amide bonds. The minimum absolute atomic E-state index is 0.244. The molecular weight excluding hydrogens is 356 g/mol. The molecule has 3 aromatic rings. The van der Waals surface area contributed by atoms with Gasteiger partial charge >= 0.3 is 0 Å². The first-order chi connectivity index (χ1) is 13.1. The Morgan fingerprint density at radius 3 is 2.26 bits per heavy atom. The summed E-state index contributed by atoms with van der Waals surface area (Å²) in [6.07, 6.45) is 0. The molecule has 0 fully saturated rings. The zero-order valence-corrected chi connectivity index (χ0v) is 15.8. The summed E-state index contributed by atoms with van der Waals surface area (Å²) in [4.78, 5) is 12.1. The molecule has 0 aliphatic heterocycles. The quantitative estimate of drug-likeness (QED) is 0.634. The highest BCUT2D eigenvalue weighted by atomic mass is 32.1. The second-order valence-corrected chi connectivity index (χ2v) is 6.48. The number of nitrogens with one attached hydrogen (secondary N) is 2. The van der Waals surface area contributed by atoms with Crippen LogP contribution in [0, 0.1) is 6.92 Å². The zero-order chi connectivity index (χ0) is 19.1. The van der Waals surface area contributed by atoms with E-state index in [-0.39, 0.29) is 11.0 Å². The molecule has 0 radical (unpaired) electrons. The minimum Gasteiger partial charge on any atom is -0.489 e. The monoisotopic (exact) mass is 376 g/mol. The van der Waals surface area contributed by atoms with Crippen molar-refractivity contribution in [3.05, 3.63) is 95.6 Å². The fourth-order valence-electron chi connectivity index (χ4n) is 2.41. The van der Waals surface area contributed by atoms with Crippen LogP contribution in [0.15, 0.2) is 78.9 Å². The van der Waals surface area contributed by atoms with Crippen LogP contribution in [0.2, 0.25) is 0 Å². The molecule has 4 nitrogen and oxygen atoms in total. The molecule has 0 saturated carbocycles. The van der Waals surface area contributed by atoms with Crippen molar-refractivity contribution in [3.63, 3.8) is 0 Å². The maximum Gasteiger partial charge on any atom is 0.257 e. The number of carbonyl (C=O) groups excluding carboxylic acids is 1. The van der Waals surface area contributed by atoms with Crippen LogP contribution in [0.5, 0.6) is 5.75 Å². The van der Waals surface area contributed by atoms with E-state index in [0.717, 1.165) is 17.0 Å². The van der Waals surface area contributed by atoms with Gasteiger partial charge in [0.25, 0.3) is 5.91 Å². The lowest BCUT2D eigenvalue weighted by atomic mass is 10.2. The van der Waals surface area contributed by atoms with E-state index in [0.29, 0.717) is 12.2 Å². The van der Waals surface area contributed by atoms with E-state index in [4.69, 9.17) is 17.0 Å². The summed E-state index contributed by atoms with van der Waals surface area (Å²) in [5.41, 5.74) is 3.68. The Kier molecular flexibility index (Phi) is 6.18. The van der Waals surface area contributed by atoms with Crippen LogP contribution < -0.4 is 15.4 Å². The second kappa shape index (κ2) is 8.96. The van der Waals surface area contributed by atoms with Crippen LogP contribution in [-0.2, 0) is 6.61 Å². The fraction of sp³-hybridized carbons (Fsp3) is 0.0909. The number of carbonyl (C=O) groups is 1. The zero-order valence-electron chi connectivity index (χ0n) is 14.9. The molecule has 5 heteroatoms. The summed E-state index contributed by atoms with van der Waals surface area (Å²) in [7, 11) is 0. The number of anilines is 1. The minimum atomic E-state index is -0.244. The lowest BCUT2D eigenvalue weighted by molar-refractivity contribution is 0.0977. The molecule has 0 heterocycles. The third-order valence-corrected chi connectivity index (χ3v) is 4.11. The molecular formula is C22H20N2O2S. The lowest BCUT2D eigenvalue weighted by Gasteiger charge is -2.11. The van der Waals surface area contributed by atoms with E-state index >= 15 is 0 Å². The third kappa shape index (κ3) is 5.66. The maximum absolute atomic E-state index is 12.1. The average molecular weight is 376 g/mol. The molecule has 136 valence electrons. The molecule has 0 aliphatic carbocycles. The first-order valence-electron chi connectivity index (χ1n) is 8.56. The van der Waals surface area contributed by atoms with Crippen molar-refractivity contribution in [3.8, 4) is 5.75 Å². The smallest absolute Gasteiger partial charge is 0.257 e. The second-order valence-electron chi connectivity index (χ2n) is 6.07. The number of ether oxygens (including phenoxy) is 1. The van der Waals surface area contributed by atoms with E-state index in [1.165, 1.54) is 5.56 Å². The van der Waals surface area contributed by atoms with Crippen molar-refractivity contribution in [2.24, 2.45) is 0 Å².